The van der Waals surface area contributed by atoms with E-state index in [-0.39, 0.29) is 6.03 Å². The van der Waals surface area contributed by atoms with Crippen molar-refractivity contribution in [1.82, 2.24) is 0 Å². The second-order valence-electron chi connectivity index (χ2n) is 4.68. The second kappa shape index (κ2) is 6.05. The third kappa shape index (κ3) is 3.36. The SMILES string of the molecule is O=C(Nc1ccccc1)Nc1ccc(C2=CCN=C2)cc1. The zero-order chi connectivity index (χ0) is 14.5. The number of para-hydroxylation sites is 1. The van der Waals surface area contributed by atoms with Crippen molar-refractivity contribution in [2.45, 2.75) is 0 Å². The molecule has 0 saturated heterocycles. The molecule has 2 aromatic rings. The summed E-state index contributed by atoms with van der Waals surface area (Å²) in [4.78, 5) is 16.0. The Kier molecular flexibility index (Phi) is 3.78. The Morgan fingerprint density at radius 2 is 1.57 bits per heavy atom. The molecule has 0 unspecified atom stereocenters. The number of rotatable bonds is 3. The van der Waals surface area contributed by atoms with Gasteiger partial charge in [0, 0.05) is 17.6 Å². The van der Waals surface area contributed by atoms with E-state index in [4.69, 9.17) is 0 Å². The van der Waals surface area contributed by atoms with E-state index in [9.17, 15) is 4.79 Å². The van der Waals surface area contributed by atoms with Crippen LogP contribution in [0, 0.1) is 0 Å². The molecule has 4 nitrogen and oxygen atoms in total. The first-order chi connectivity index (χ1) is 10.3. The van der Waals surface area contributed by atoms with Gasteiger partial charge in [-0.15, -0.1) is 0 Å². The maximum atomic E-state index is 11.9. The molecule has 0 atom stereocenters. The number of nitrogens with zero attached hydrogens (tertiary/aromatic N) is 1. The molecule has 1 heterocycles. The third-order valence-electron chi connectivity index (χ3n) is 3.15. The van der Waals surface area contributed by atoms with Crippen molar-refractivity contribution in [2.24, 2.45) is 4.99 Å². The molecule has 104 valence electrons. The summed E-state index contributed by atoms with van der Waals surface area (Å²) in [5, 5.41) is 5.58. The van der Waals surface area contributed by atoms with Gasteiger partial charge in [0.25, 0.3) is 0 Å². The fourth-order valence-corrected chi connectivity index (χ4v) is 2.11. The van der Waals surface area contributed by atoms with E-state index in [0.29, 0.717) is 0 Å². The zero-order valence-corrected chi connectivity index (χ0v) is 11.4. The highest BCUT2D eigenvalue weighted by molar-refractivity contribution is 6.11. The van der Waals surface area contributed by atoms with Gasteiger partial charge in [-0.1, -0.05) is 36.4 Å². The van der Waals surface area contributed by atoms with Crippen molar-refractivity contribution in [2.75, 3.05) is 17.2 Å². The normalized spacial score (nSPS) is 12.9. The van der Waals surface area contributed by atoms with Crippen molar-refractivity contribution in [3.05, 3.63) is 66.2 Å². The number of carbonyl (C=O) groups is 1. The lowest BCUT2D eigenvalue weighted by atomic mass is 10.1. The van der Waals surface area contributed by atoms with Crippen LogP contribution in [0.15, 0.2) is 65.7 Å². The van der Waals surface area contributed by atoms with Crippen LogP contribution in [-0.2, 0) is 0 Å². The number of nitrogens with one attached hydrogen (secondary N) is 2. The summed E-state index contributed by atoms with van der Waals surface area (Å²) in [6.45, 7) is 0.745. The molecule has 2 amide bonds. The van der Waals surface area contributed by atoms with E-state index >= 15 is 0 Å². The average molecular weight is 277 g/mol. The number of aliphatic imine (C=N–C) groups is 1. The van der Waals surface area contributed by atoms with Crippen molar-refractivity contribution in [3.8, 4) is 0 Å². The molecule has 2 aromatic carbocycles. The third-order valence-corrected chi connectivity index (χ3v) is 3.15. The number of carbonyl (C=O) groups excluding carboxylic acids is 1. The Morgan fingerprint density at radius 3 is 2.19 bits per heavy atom. The van der Waals surface area contributed by atoms with E-state index in [1.54, 1.807) is 0 Å². The number of benzene rings is 2. The Labute approximate surface area is 123 Å². The molecule has 2 N–H and O–H groups in total. The Morgan fingerprint density at radius 1 is 0.905 bits per heavy atom. The molecule has 0 bridgehead atoms. The van der Waals surface area contributed by atoms with Crippen LogP contribution in [0.1, 0.15) is 5.56 Å². The van der Waals surface area contributed by atoms with Crippen LogP contribution in [0.2, 0.25) is 0 Å². The lowest BCUT2D eigenvalue weighted by Crippen LogP contribution is -2.19. The first kappa shape index (κ1) is 13.1. The van der Waals surface area contributed by atoms with Crippen molar-refractivity contribution in [1.29, 1.82) is 0 Å². The number of urea groups is 1. The summed E-state index contributed by atoms with van der Waals surface area (Å²) in [5.41, 5.74) is 3.74. The summed E-state index contributed by atoms with van der Waals surface area (Å²) in [6, 6.07) is 16.8. The van der Waals surface area contributed by atoms with Crippen LogP contribution in [0.3, 0.4) is 0 Å². The number of hydrogen-bond donors (Lipinski definition) is 2. The maximum absolute atomic E-state index is 11.9. The van der Waals surface area contributed by atoms with Crippen molar-refractivity contribution >= 4 is 29.2 Å². The topological polar surface area (TPSA) is 53.5 Å². The van der Waals surface area contributed by atoms with E-state index in [0.717, 1.165) is 29.1 Å². The predicted molar refractivity (Wildman–Crippen MR) is 86.9 cm³/mol. The van der Waals surface area contributed by atoms with Gasteiger partial charge < -0.3 is 10.6 Å². The largest absolute Gasteiger partial charge is 0.323 e. The van der Waals surface area contributed by atoms with Gasteiger partial charge in [-0.25, -0.2) is 4.79 Å². The smallest absolute Gasteiger partial charge is 0.308 e. The molecular formula is C17H15N3O. The minimum Gasteiger partial charge on any atom is -0.308 e. The van der Waals surface area contributed by atoms with Gasteiger partial charge in [-0.05, 0) is 35.4 Å². The van der Waals surface area contributed by atoms with E-state index in [1.165, 1.54) is 0 Å². The van der Waals surface area contributed by atoms with Gasteiger partial charge in [0.05, 0.1) is 6.54 Å². The minimum atomic E-state index is -0.254. The lowest BCUT2D eigenvalue weighted by Gasteiger charge is -2.08. The molecule has 3 rings (SSSR count). The zero-order valence-electron chi connectivity index (χ0n) is 11.4. The predicted octanol–water partition coefficient (Wildman–Crippen LogP) is 3.80. The summed E-state index contributed by atoms with van der Waals surface area (Å²) in [7, 11) is 0. The van der Waals surface area contributed by atoms with Crippen LogP contribution in [0.4, 0.5) is 16.2 Å². The van der Waals surface area contributed by atoms with Gasteiger partial charge in [0.2, 0.25) is 0 Å². The Balaban J connectivity index is 1.62. The van der Waals surface area contributed by atoms with E-state index in [2.05, 4.69) is 21.7 Å². The highest BCUT2D eigenvalue weighted by Crippen LogP contribution is 2.18. The van der Waals surface area contributed by atoms with Crippen LogP contribution in [-0.4, -0.2) is 18.8 Å². The molecule has 0 aromatic heterocycles. The molecule has 0 spiro atoms. The molecule has 0 fully saturated rings. The Bertz CT molecular complexity index is 688. The van der Waals surface area contributed by atoms with E-state index < -0.39 is 0 Å². The second-order valence-corrected chi connectivity index (χ2v) is 4.68. The van der Waals surface area contributed by atoms with Gasteiger partial charge in [0.1, 0.15) is 0 Å². The first-order valence-corrected chi connectivity index (χ1v) is 6.75. The van der Waals surface area contributed by atoms with Crippen LogP contribution >= 0.6 is 0 Å². The molecule has 21 heavy (non-hydrogen) atoms. The molecule has 1 aliphatic rings. The van der Waals surface area contributed by atoms with Crippen LogP contribution < -0.4 is 10.6 Å². The van der Waals surface area contributed by atoms with Gasteiger partial charge in [-0.2, -0.15) is 0 Å². The van der Waals surface area contributed by atoms with Gasteiger partial charge in [-0.3, -0.25) is 4.99 Å². The fraction of sp³-hybridized carbons (Fsp3) is 0.0588. The molecule has 0 radical (unpaired) electrons. The number of anilines is 2. The van der Waals surface area contributed by atoms with Crippen LogP contribution in [0.25, 0.3) is 5.57 Å². The monoisotopic (exact) mass is 277 g/mol. The minimum absolute atomic E-state index is 0.254. The number of allylic oxidation sites excluding steroid dienone is 1. The summed E-state index contributed by atoms with van der Waals surface area (Å²) in [6.07, 6.45) is 3.94. The number of amides is 2. The van der Waals surface area contributed by atoms with E-state index in [1.807, 2.05) is 60.8 Å². The van der Waals surface area contributed by atoms with Gasteiger partial charge >= 0.3 is 6.03 Å². The molecule has 0 saturated carbocycles. The molecule has 1 aliphatic heterocycles. The van der Waals surface area contributed by atoms with Crippen LogP contribution in [0.5, 0.6) is 0 Å². The van der Waals surface area contributed by atoms with Crippen molar-refractivity contribution < 1.29 is 4.79 Å². The molecule has 4 heteroatoms. The molecule has 0 aliphatic carbocycles. The number of hydrogen-bond acceptors (Lipinski definition) is 2. The quantitative estimate of drug-likeness (QED) is 0.881. The highest BCUT2D eigenvalue weighted by Gasteiger charge is 2.05. The maximum Gasteiger partial charge on any atom is 0.323 e. The molecular weight excluding hydrogens is 262 g/mol. The summed E-state index contributed by atoms with van der Waals surface area (Å²) in [5.74, 6) is 0. The van der Waals surface area contributed by atoms with Gasteiger partial charge in [0.15, 0.2) is 0 Å². The van der Waals surface area contributed by atoms with Crippen molar-refractivity contribution in [3.63, 3.8) is 0 Å². The first-order valence-electron chi connectivity index (χ1n) is 6.75. The highest BCUT2D eigenvalue weighted by atomic mass is 16.2. The summed E-state index contributed by atoms with van der Waals surface area (Å²) >= 11 is 0. The fourth-order valence-electron chi connectivity index (χ4n) is 2.11. The summed E-state index contributed by atoms with van der Waals surface area (Å²) < 4.78 is 0. The lowest BCUT2D eigenvalue weighted by molar-refractivity contribution is 0.262. The standard InChI is InChI=1S/C17H15N3O/c21-17(19-15-4-2-1-3-5-15)20-16-8-6-13(7-9-16)14-10-11-18-12-14/h1-10,12H,11H2,(H2,19,20,21). The average Bonchev–Trinajstić information content (AvgIpc) is 3.03. The Hall–Kier alpha value is -2.88.